The van der Waals surface area contributed by atoms with Gasteiger partial charge in [-0.15, -0.1) is 0 Å². The van der Waals surface area contributed by atoms with Gasteiger partial charge in [0.2, 0.25) is 0 Å². The number of halogens is 3. The van der Waals surface area contributed by atoms with E-state index < -0.39 is 11.7 Å². The van der Waals surface area contributed by atoms with Crippen molar-refractivity contribution in [3.05, 3.63) is 191 Å². The summed E-state index contributed by atoms with van der Waals surface area (Å²) in [6.45, 7) is 10.1. The standard InChI is InChI=1S/C55H40F3N3/c1-32-17-21-40(35(4)25-32)37-19-23-44-42-12-6-8-15-48(42)60(50(44)27-37)52-29-39(54-34(3)11-10-14-47(54)55(56,57)58)30-53(46(52)31-59)61-49-16-9-7-13-43(49)45-24-20-38(28-51(45)61)41-22-18-33(2)26-36(41)5/h6-30H,1-5H3. The molecule has 61 heavy (non-hydrogen) atoms. The van der Waals surface area contributed by atoms with Crippen LogP contribution in [0.25, 0.3) is 88.4 Å². The number of para-hydroxylation sites is 2. The zero-order chi connectivity index (χ0) is 42.3. The lowest BCUT2D eigenvalue weighted by Crippen LogP contribution is -2.10. The fraction of sp³-hybridized carbons (Fsp3) is 0.109. The number of rotatable bonds is 5. The van der Waals surface area contributed by atoms with E-state index in [1.54, 1.807) is 25.1 Å². The molecule has 8 aromatic carbocycles. The molecule has 3 nitrogen and oxygen atoms in total. The van der Waals surface area contributed by atoms with Gasteiger partial charge in [0.25, 0.3) is 0 Å². The second kappa shape index (κ2) is 14.1. The summed E-state index contributed by atoms with van der Waals surface area (Å²) in [5.41, 5.74) is 13.7. The quantitative estimate of drug-likeness (QED) is 0.171. The third-order valence-corrected chi connectivity index (χ3v) is 12.3. The molecule has 0 radical (unpaired) electrons. The Labute approximate surface area is 352 Å². The van der Waals surface area contributed by atoms with E-state index >= 15 is 13.2 Å². The second-order valence-corrected chi connectivity index (χ2v) is 16.3. The van der Waals surface area contributed by atoms with Crippen LogP contribution in [0.3, 0.4) is 0 Å². The van der Waals surface area contributed by atoms with E-state index in [0.29, 0.717) is 28.1 Å². The van der Waals surface area contributed by atoms with Crippen molar-refractivity contribution >= 4 is 43.6 Å². The van der Waals surface area contributed by atoms with Gasteiger partial charge in [-0.1, -0.05) is 120 Å². The second-order valence-electron chi connectivity index (χ2n) is 16.3. The van der Waals surface area contributed by atoms with E-state index in [4.69, 9.17) is 0 Å². The average molecular weight is 800 g/mol. The van der Waals surface area contributed by atoms with Gasteiger partial charge in [-0.3, -0.25) is 0 Å². The van der Waals surface area contributed by atoms with Crippen LogP contribution in [0.2, 0.25) is 0 Å². The Morgan fingerprint density at radius 1 is 0.443 bits per heavy atom. The zero-order valence-electron chi connectivity index (χ0n) is 34.4. The molecular formula is C55H40F3N3. The van der Waals surface area contributed by atoms with Crippen LogP contribution in [0.4, 0.5) is 13.2 Å². The van der Waals surface area contributed by atoms with E-state index in [2.05, 4.69) is 128 Å². The molecule has 0 aliphatic heterocycles. The first-order valence-corrected chi connectivity index (χ1v) is 20.4. The predicted molar refractivity (Wildman–Crippen MR) is 245 cm³/mol. The van der Waals surface area contributed by atoms with Crippen molar-refractivity contribution < 1.29 is 13.2 Å². The summed E-state index contributed by atoms with van der Waals surface area (Å²) in [5.74, 6) is 0. The number of benzene rings is 8. The van der Waals surface area contributed by atoms with E-state index in [0.717, 1.165) is 83.1 Å². The fourth-order valence-corrected chi connectivity index (χ4v) is 9.58. The lowest BCUT2D eigenvalue weighted by molar-refractivity contribution is -0.137. The maximum Gasteiger partial charge on any atom is 0.417 e. The van der Waals surface area contributed by atoms with Crippen LogP contribution in [0.15, 0.2) is 152 Å². The first-order chi connectivity index (χ1) is 29.4. The molecule has 0 unspecified atom stereocenters. The molecular weight excluding hydrogens is 760 g/mol. The molecule has 0 fully saturated rings. The van der Waals surface area contributed by atoms with Gasteiger partial charge in [0.05, 0.1) is 39.0 Å². The molecule has 0 bridgehead atoms. The van der Waals surface area contributed by atoms with Gasteiger partial charge in [-0.05, 0) is 127 Å². The molecule has 2 heterocycles. The minimum Gasteiger partial charge on any atom is -0.308 e. The molecule has 0 atom stereocenters. The average Bonchev–Trinajstić information content (AvgIpc) is 3.74. The molecule has 6 heteroatoms. The molecule has 296 valence electrons. The number of aryl methyl sites for hydroxylation is 5. The number of alkyl halides is 3. The Kier molecular flexibility index (Phi) is 8.78. The van der Waals surface area contributed by atoms with Gasteiger partial charge in [0.1, 0.15) is 11.6 Å². The van der Waals surface area contributed by atoms with Crippen LogP contribution >= 0.6 is 0 Å². The van der Waals surface area contributed by atoms with Gasteiger partial charge in [-0.25, -0.2) is 0 Å². The topological polar surface area (TPSA) is 33.6 Å². The fourth-order valence-electron chi connectivity index (χ4n) is 9.58. The molecule has 10 rings (SSSR count). The highest BCUT2D eigenvalue weighted by atomic mass is 19.4. The van der Waals surface area contributed by atoms with Crippen molar-refractivity contribution in [1.29, 1.82) is 5.26 Å². The molecule has 0 saturated heterocycles. The summed E-state index contributed by atoms with van der Waals surface area (Å²) in [7, 11) is 0. The Balaban J connectivity index is 1.37. The molecule has 0 spiro atoms. The summed E-state index contributed by atoms with van der Waals surface area (Å²) in [6, 6.07) is 52.1. The smallest absolute Gasteiger partial charge is 0.308 e. The minimum atomic E-state index is -4.63. The van der Waals surface area contributed by atoms with E-state index in [9.17, 15) is 5.26 Å². The highest BCUT2D eigenvalue weighted by molar-refractivity contribution is 6.12. The molecule has 0 N–H and O–H groups in total. The van der Waals surface area contributed by atoms with Crippen LogP contribution in [-0.2, 0) is 6.18 Å². The normalized spacial score (nSPS) is 11.9. The summed E-state index contributed by atoms with van der Waals surface area (Å²) < 4.78 is 49.5. The molecule has 2 aromatic heterocycles. The highest BCUT2D eigenvalue weighted by Gasteiger charge is 2.35. The van der Waals surface area contributed by atoms with Crippen LogP contribution in [0.1, 0.15) is 38.9 Å². The first-order valence-electron chi connectivity index (χ1n) is 20.4. The van der Waals surface area contributed by atoms with E-state index in [1.165, 1.54) is 17.2 Å². The number of hydrogen-bond acceptors (Lipinski definition) is 1. The van der Waals surface area contributed by atoms with E-state index in [1.807, 2.05) is 36.4 Å². The van der Waals surface area contributed by atoms with Crippen molar-refractivity contribution in [2.45, 2.75) is 40.8 Å². The van der Waals surface area contributed by atoms with Crippen molar-refractivity contribution in [2.75, 3.05) is 0 Å². The number of hydrogen-bond donors (Lipinski definition) is 0. The summed E-state index contributed by atoms with van der Waals surface area (Å²) >= 11 is 0. The van der Waals surface area contributed by atoms with Crippen LogP contribution in [0, 0.1) is 45.9 Å². The SMILES string of the molecule is Cc1ccc(-c2ccc3c4ccccc4n(-c4cc(-c5c(C)cccc5C(F)(F)F)cc(-n5c6ccccc6c6ccc(-c7ccc(C)cc7C)cc65)c4C#N)c3c2)c(C)c1. The van der Waals surface area contributed by atoms with Crippen molar-refractivity contribution in [3.63, 3.8) is 0 Å². The number of aromatic nitrogens is 2. The molecule has 0 amide bonds. The Morgan fingerprint density at radius 3 is 1.38 bits per heavy atom. The maximum atomic E-state index is 15.1. The summed E-state index contributed by atoms with van der Waals surface area (Å²) in [6.07, 6.45) is -4.63. The third-order valence-electron chi connectivity index (χ3n) is 12.3. The van der Waals surface area contributed by atoms with Crippen LogP contribution < -0.4 is 0 Å². The van der Waals surface area contributed by atoms with Gasteiger partial charge >= 0.3 is 6.18 Å². The number of nitriles is 1. The van der Waals surface area contributed by atoms with Gasteiger partial charge in [0, 0.05) is 21.5 Å². The minimum absolute atomic E-state index is 0.0791. The van der Waals surface area contributed by atoms with Crippen molar-refractivity contribution in [2.24, 2.45) is 0 Å². The molecule has 10 aromatic rings. The number of nitrogens with zero attached hydrogens (tertiary/aromatic N) is 3. The van der Waals surface area contributed by atoms with Gasteiger partial charge < -0.3 is 9.13 Å². The lowest BCUT2D eigenvalue weighted by Gasteiger charge is -2.21. The van der Waals surface area contributed by atoms with Crippen molar-refractivity contribution in [3.8, 4) is 50.8 Å². The highest BCUT2D eigenvalue weighted by Crippen LogP contribution is 2.45. The molecule has 0 aliphatic rings. The van der Waals surface area contributed by atoms with Crippen LogP contribution in [-0.4, -0.2) is 9.13 Å². The van der Waals surface area contributed by atoms with Gasteiger partial charge in [0.15, 0.2) is 0 Å². The van der Waals surface area contributed by atoms with Crippen LogP contribution in [0.5, 0.6) is 0 Å². The Bertz CT molecular complexity index is 3290. The maximum absolute atomic E-state index is 15.1. The zero-order valence-corrected chi connectivity index (χ0v) is 34.4. The largest absolute Gasteiger partial charge is 0.417 e. The Morgan fingerprint density at radius 2 is 0.918 bits per heavy atom. The van der Waals surface area contributed by atoms with E-state index in [-0.39, 0.29) is 5.56 Å². The number of fused-ring (bicyclic) bond motifs is 6. The van der Waals surface area contributed by atoms with Gasteiger partial charge in [-0.2, -0.15) is 18.4 Å². The first kappa shape index (κ1) is 37.9. The predicted octanol–water partition coefficient (Wildman–Crippen LogP) is 15.3. The Hall–Kier alpha value is -7.36. The lowest BCUT2D eigenvalue weighted by atomic mass is 9.92. The molecule has 0 aliphatic carbocycles. The monoisotopic (exact) mass is 799 g/mol. The third kappa shape index (κ3) is 6.11. The summed E-state index contributed by atoms with van der Waals surface area (Å²) in [5, 5.41) is 15.4. The summed E-state index contributed by atoms with van der Waals surface area (Å²) in [4.78, 5) is 0. The van der Waals surface area contributed by atoms with Crippen molar-refractivity contribution in [1.82, 2.24) is 9.13 Å². The molecule has 0 saturated carbocycles.